The first-order valence-electron chi connectivity index (χ1n) is 9.84. The Balaban J connectivity index is 1.68. The van der Waals surface area contributed by atoms with Gasteiger partial charge in [0.1, 0.15) is 11.4 Å². The molecule has 0 amide bonds. The van der Waals surface area contributed by atoms with Gasteiger partial charge in [0.25, 0.3) is 0 Å². The summed E-state index contributed by atoms with van der Waals surface area (Å²) in [5, 5.41) is 21.5. The summed E-state index contributed by atoms with van der Waals surface area (Å²) < 4.78 is 15.0. The number of rotatable bonds is 7. The minimum absolute atomic E-state index is 0.00968. The second kappa shape index (κ2) is 8.31. The fourth-order valence-corrected chi connectivity index (χ4v) is 3.59. The van der Waals surface area contributed by atoms with Crippen LogP contribution in [0.3, 0.4) is 0 Å². The van der Waals surface area contributed by atoms with Crippen LogP contribution >= 0.6 is 0 Å². The van der Waals surface area contributed by atoms with Crippen LogP contribution < -0.4 is 10.6 Å². The molecule has 1 atom stereocenters. The fourth-order valence-electron chi connectivity index (χ4n) is 3.59. The maximum atomic E-state index is 13.3. The summed E-state index contributed by atoms with van der Waals surface area (Å²) in [7, 11) is 1.82. The summed E-state index contributed by atoms with van der Waals surface area (Å²) in [6.45, 7) is 5.42. The topological polar surface area (TPSA) is 74.5 Å². The zero-order valence-electron chi connectivity index (χ0n) is 16.9. The van der Waals surface area contributed by atoms with Crippen molar-refractivity contribution < 1.29 is 9.50 Å². The van der Waals surface area contributed by atoms with Gasteiger partial charge in [0, 0.05) is 37.3 Å². The molecule has 0 saturated heterocycles. The monoisotopic (exact) mass is 387 g/mol. The van der Waals surface area contributed by atoms with Gasteiger partial charge in [-0.15, -0.1) is 0 Å². The molecular formula is C21H30FN5O. The molecule has 7 heteroatoms. The van der Waals surface area contributed by atoms with Gasteiger partial charge in [-0.2, -0.15) is 5.10 Å². The number of aromatic nitrogens is 2. The summed E-state index contributed by atoms with van der Waals surface area (Å²) >= 11 is 0. The minimum Gasteiger partial charge on any atom is -0.383 e. The first kappa shape index (κ1) is 20.3. The number of aliphatic imine (C=N–C) groups is 1. The highest BCUT2D eigenvalue weighted by atomic mass is 19.1. The summed E-state index contributed by atoms with van der Waals surface area (Å²) in [5.41, 5.74) is 0.805. The Morgan fingerprint density at radius 2 is 2.04 bits per heavy atom. The van der Waals surface area contributed by atoms with E-state index in [4.69, 9.17) is 0 Å². The van der Waals surface area contributed by atoms with Crippen molar-refractivity contribution in [3.8, 4) is 0 Å². The number of hydrogen-bond donors (Lipinski definition) is 3. The second-order valence-electron chi connectivity index (χ2n) is 7.87. The number of aliphatic hydroxyl groups is 1. The van der Waals surface area contributed by atoms with Crippen LogP contribution in [-0.2, 0) is 18.1 Å². The molecule has 1 aromatic heterocycles. The van der Waals surface area contributed by atoms with E-state index in [1.807, 2.05) is 26.1 Å². The van der Waals surface area contributed by atoms with Crippen molar-refractivity contribution in [2.24, 2.45) is 12.0 Å². The third-order valence-electron chi connectivity index (χ3n) is 5.58. The Kier molecular flexibility index (Phi) is 6.03. The molecule has 1 aromatic carbocycles. The Bertz CT molecular complexity index is 808. The summed E-state index contributed by atoms with van der Waals surface area (Å²) in [6.07, 6.45) is 6.76. The molecule has 1 unspecified atom stereocenters. The molecular weight excluding hydrogens is 357 g/mol. The molecule has 152 valence electrons. The van der Waals surface area contributed by atoms with Crippen LogP contribution in [0.25, 0.3) is 0 Å². The van der Waals surface area contributed by atoms with E-state index in [-0.39, 0.29) is 17.8 Å². The van der Waals surface area contributed by atoms with Crippen LogP contribution in [0.15, 0.2) is 41.7 Å². The van der Waals surface area contributed by atoms with Crippen molar-refractivity contribution in [2.45, 2.75) is 44.1 Å². The van der Waals surface area contributed by atoms with Crippen LogP contribution in [0.1, 0.15) is 44.2 Å². The number of benzene rings is 1. The third-order valence-corrected chi connectivity index (χ3v) is 5.58. The fraction of sp³-hybridized carbons (Fsp3) is 0.524. The molecule has 1 aliphatic rings. The molecule has 0 bridgehead atoms. The molecule has 0 aliphatic heterocycles. The lowest BCUT2D eigenvalue weighted by Crippen LogP contribution is -2.49. The summed E-state index contributed by atoms with van der Waals surface area (Å²) in [5.74, 6) is 0.457. The van der Waals surface area contributed by atoms with Crippen molar-refractivity contribution in [3.05, 3.63) is 53.6 Å². The summed E-state index contributed by atoms with van der Waals surface area (Å²) in [6, 6.07) is 6.82. The lowest BCUT2D eigenvalue weighted by molar-refractivity contribution is 0.0671. The maximum Gasteiger partial charge on any atom is 0.191 e. The number of aryl methyl sites for hydroxylation is 1. The van der Waals surface area contributed by atoms with E-state index >= 15 is 0 Å². The van der Waals surface area contributed by atoms with E-state index in [1.165, 1.54) is 18.6 Å². The number of nitrogens with zero attached hydrogens (tertiary/aromatic N) is 3. The van der Waals surface area contributed by atoms with Gasteiger partial charge in [-0.3, -0.25) is 4.68 Å². The molecule has 28 heavy (non-hydrogen) atoms. The highest BCUT2D eigenvalue weighted by Crippen LogP contribution is 2.43. The number of guanidine groups is 1. The number of hydrogen-bond acceptors (Lipinski definition) is 3. The SMILES string of the molecule is CCNC(=NCC(C)(O)c1cnn(C)c1)NCC1(c2ccc(F)cc2)CCC1. The van der Waals surface area contributed by atoms with Gasteiger partial charge in [-0.1, -0.05) is 18.6 Å². The van der Waals surface area contributed by atoms with Crippen molar-refractivity contribution >= 4 is 5.96 Å². The lowest BCUT2D eigenvalue weighted by Gasteiger charge is -2.43. The Morgan fingerprint density at radius 3 is 2.57 bits per heavy atom. The van der Waals surface area contributed by atoms with Crippen molar-refractivity contribution in [1.82, 2.24) is 20.4 Å². The molecule has 0 radical (unpaired) electrons. The van der Waals surface area contributed by atoms with Crippen LogP contribution in [0, 0.1) is 5.82 Å². The molecule has 1 aliphatic carbocycles. The molecule has 0 spiro atoms. The Morgan fingerprint density at radius 1 is 1.32 bits per heavy atom. The van der Waals surface area contributed by atoms with Crippen LogP contribution in [-0.4, -0.2) is 40.5 Å². The molecule has 2 aromatic rings. The average molecular weight is 388 g/mol. The Labute approximate surface area is 165 Å². The predicted octanol–water partition coefficient (Wildman–Crippen LogP) is 2.44. The highest BCUT2D eigenvalue weighted by Gasteiger charge is 2.38. The Hall–Kier alpha value is -2.41. The molecule has 6 nitrogen and oxygen atoms in total. The molecule has 1 saturated carbocycles. The number of halogens is 1. The lowest BCUT2D eigenvalue weighted by atomic mass is 9.64. The largest absolute Gasteiger partial charge is 0.383 e. The smallest absolute Gasteiger partial charge is 0.191 e. The van der Waals surface area contributed by atoms with E-state index in [2.05, 4.69) is 20.7 Å². The van der Waals surface area contributed by atoms with E-state index < -0.39 is 5.60 Å². The van der Waals surface area contributed by atoms with Gasteiger partial charge in [0.15, 0.2) is 5.96 Å². The van der Waals surface area contributed by atoms with Crippen molar-refractivity contribution in [1.29, 1.82) is 0 Å². The third kappa shape index (κ3) is 4.52. The highest BCUT2D eigenvalue weighted by molar-refractivity contribution is 5.80. The van der Waals surface area contributed by atoms with Gasteiger partial charge in [-0.05, 0) is 44.4 Å². The van der Waals surface area contributed by atoms with E-state index in [1.54, 1.807) is 24.0 Å². The average Bonchev–Trinajstić information content (AvgIpc) is 3.07. The van der Waals surface area contributed by atoms with E-state index in [0.29, 0.717) is 5.96 Å². The van der Waals surface area contributed by atoms with Gasteiger partial charge in [0.2, 0.25) is 0 Å². The number of nitrogens with one attached hydrogen (secondary N) is 2. The maximum absolute atomic E-state index is 13.3. The molecule has 3 N–H and O–H groups in total. The van der Waals surface area contributed by atoms with Crippen LogP contribution in [0.2, 0.25) is 0 Å². The minimum atomic E-state index is -1.10. The van der Waals surface area contributed by atoms with Crippen LogP contribution in [0.5, 0.6) is 0 Å². The first-order chi connectivity index (χ1) is 13.3. The van der Waals surface area contributed by atoms with Crippen LogP contribution in [0.4, 0.5) is 4.39 Å². The van der Waals surface area contributed by atoms with Gasteiger partial charge in [0.05, 0.1) is 12.7 Å². The van der Waals surface area contributed by atoms with Gasteiger partial charge in [-0.25, -0.2) is 9.38 Å². The summed E-state index contributed by atoms with van der Waals surface area (Å²) in [4.78, 5) is 4.59. The molecule has 1 fully saturated rings. The normalized spacial score (nSPS) is 18.2. The quantitative estimate of drug-likeness (QED) is 0.504. The standard InChI is InChI=1S/C21H30FN5O/c1-4-23-19(24-14-20(2,28)17-12-26-27(3)13-17)25-15-21(10-5-11-21)16-6-8-18(22)9-7-16/h6-9,12-13,28H,4-5,10-11,14-15H2,1-3H3,(H2,23,24,25). The predicted molar refractivity (Wildman–Crippen MR) is 109 cm³/mol. The zero-order valence-corrected chi connectivity index (χ0v) is 16.9. The second-order valence-corrected chi connectivity index (χ2v) is 7.87. The zero-order chi connectivity index (χ0) is 20.2. The molecule has 3 rings (SSSR count). The van der Waals surface area contributed by atoms with Gasteiger partial charge >= 0.3 is 0 Å². The van der Waals surface area contributed by atoms with Crippen molar-refractivity contribution in [2.75, 3.05) is 19.6 Å². The van der Waals surface area contributed by atoms with Crippen molar-refractivity contribution in [3.63, 3.8) is 0 Å². The first-order valence-corrected chi connectivity index (χ1v) is 9.84. The van der Waals surface area contributed by atoms with E-state index in [0.717, 1.165) is 37.1 Å². The van der Waals surface area contributed by atoms with Gasteiger partial charge < -0.3 is 15.7 Å². The van der Waals surface area contributed by atoms with E-state index in [9.17, 15) is 9.50 Å². The molecule has 1 heterocycles.